The van der Waals surface area contributed by atoms with Gasteiger partial charge in [0.1, 0.15) is 11.6 Å². The Morgan fingerprint density at radius 2 is 2.00 bits per heavy atom. The topological polar surface area (TPSA) is 17.1 Å². The second kappa shape index (κ2) is 5.40. The van der Waals surface area contributed by atoms with Gasteiger partial charge in [0.05, 0.1) is 4.83 Å². The standard InChI is InChI=1S/C12H14BrFO/c1-8(2)12(15)10(13)7-9-5-3-4-6-11(9)14/h3-6,8,10H,7H2,1-2H3. The average molecular weight is 273 g/mol. The van der Waals surface area contributed by atoms with Crippen LogP contribution in [-0.2, 0) is 11.2 Å². The number of rotatable bonds is 4. The van der Waals surface area contributed by atoms with Gasteiger partial charge in [-0.05, 0) is 18.1 Å². The van der Waals surface area contributed by atoms with Crippen molar-refractivity contribution in [1.82, 2.24) is 0 Å². The lowest BCUT2D eigenvalue weighted by atomic mass is 10.0. The SMILES string of the molecule is CC(C)C(=O)C(Br)Cc1ccccc1F. The molecular formula is C12H14BrFO. The summed E-state index contributed by atoms with van der Waals surface area (Å²) in [5, 5.41) is 0. The van der Waals surface area contributed by atoms with Crippen molar-refractivity contribution in [3.8, 4) is 0 Å². The summed E-state index contributed by atoms with van der Waals surface area (Å²) < 4.78 is 13.3. The molecule has 1 aromatic carbocycles. The van der Waals surface area contributed by atoms with Gasteiger partial charge in [-0.2, -0.15) is 0 Å². The number of hydrogen-bond acceptors (Lipinski definition) is 1. The Morgan fingerprint density at radius 1 is 1.40 bits per heavy atom. The molecule has 0 radical (unpaired) electrons. The van der Waals surface area contributed by atoms with Crippen LogP contribution in [0.1, 0.15) is 19.4 Å². The molecule has 1 aromatic rings. The Kier molecular flexibility index (Phi) is 4.45. The Labute approximate surface area is 97.8 Å². The minimum Gasteiger partial charge on any atom is -0.298 e. The van der Waals surface area contributed by atoms with Gasteiger partial charge < -0.3 is 0 Å². The number of hydrogen-bond donors (Lipinski definition) is 0. The summed E-state index contributed by atoms with van der Waals surface area (Å²) in [4.78, 5) is 11.3. The van der Waals surface area contributed by atoms with Crippen molar-refractivity contribution in [3.63, 3.8) is 0 Å². The van der Waals surface area contributed by atoms with Crippen LogP contribution in [0.4, 0.5) is 4.39 Å². The maximum atomic E-state index is 13.3. The molecule has 0 aliphatic carbocycles. The number of benzene rings is 1. The van der Waals surface area contributed by atoms with Crippen LogP contribution in [0.15, 0.2) is 24.3 Å². The molecule has 15 heavy (non-hydrogen) atoms. The molecule has 0 amide bonds. The Bertz CT molecular complexity index is 349. The molecule has 0 heterocycles. The summed E-state index contributed by atoms with van der Waals surface area (Å²) in [6.07, 6.45) is 0.406. The number of Topliss-reactive ketones (excluding diaryl/α,β-unsaturated/α-hetero) is 1. The molecule has 3 heteroatoms. The third-order valence-electron chi connectivity index (χ3n) is 2.23. The Morgan fingerprint density at radius 3 is 2.53 bits per heavy atom. The lowest BCUT2D eigenvalue weighted by Gasteiger charge is -2.11. The van der Waals surface area contributed by atoms with Crippen LogP contribution in [0.2, 0.25) is 0 Å². The number of halogens is 2. The second-order valence-electron chi connectivity index (χ2n) is 3.82. The van der Waals surface area contributed by atoms with E-state index in [1.165, 1.54) is 6.07 Å². The van der Waals surface area contributed by atoms with Gasteiger partial charge in [0.2, 0.25) is 0 Å². The Balaban J connectivity index is 2.71. The van der Waals surface area contributed by atoms with Crippen molar-refractivity contribution >= 4 is 21.7 Å². The van der Waals surface area contributed by atoms with E-state index in [-0.39, 0.29) is 22.3 Å². The van der Waals surface area contributed by atoms with Gasteiger partial charge >= 0.3 is 0 Å². The second-order valence-corrected chi connectivity index (χ2v) is 4.93. The van der Waals surface area contributed by atoms with Crippen molar-refractivity contribution in [2.45, 2.75) is 25.1 Å². The van der Waals surface area contributed by atoms with Crippen LogP contribution in [-0.4, -0.2) is 10.6 Å². The highest BCUT2D eigenvalue weighted by atomic mass is 79.9. The highest BCUT2D eigenvalue weighted by Gasteiger charge is 2.19. The van der Waals surface area contributed by atoms with Crippen LogP contribution in [0.5, 0.6) is 0 Å². The third kappa shape index (κ3) is 3.42. The van der Waals surface area contributed by atoms with E-state index in [2.05, 4.69) is 15.9 Å². The first kappa shape index (κ1) is 12.4. The summed E-state index contributed by atoms with van der Waals surface area (Å²) in [6, 6.07) is 6.54. The smallest absolute Gasteiger partial charge is 0.149 e. The van der Waals surface area contributed by atoms with Crippen molar-refractivity contribution in [3.05, 3.63) is 35.6 Å². The normalized spacial score (nSPS) is 12.9. The first-order chi connectivity index (χ1) is 7.02. The maximum Gasteiger partial charge on any atom is 0.149 e. The van der Waals surface area contributed by atoms with Gasteiger partial charge in [-0.15, -0.1) is 0 Å². The molecule has 0 aromatic heterocycles. The van der Waals surface area contributed by atoms with E-state index in [0.717, 1.165) is 0 Å². The molecule has 82 valence electrons. The van der Waals surface area contributed by atoms with Gasteiger partial charge in [0, 0.05) is 5.92 Å². The molecule has 1 atom stereocenters. The largest absolute Gasteiger partial charge is 0.298 e. The van der Waals surface area contributed by atoms with Crippen LogP contribution in [0.25, 0.3) is 0 Å². The van der Waals surface area contributed by atoms with Crippen molar-refractivity contribution < 1.29 is 9.18 Å². The van der Waals surface area contributed by atoms with Crippen LogP contribution in [0, 0.1) is 11.7 Å². The molecular weight excluding hydrogens is 259 g/mol. The summed E-state index contributed by atoms with van der Waals surface area (Å²) in [6.45, 7) is 3.69. The van der Waals surface area contributed by atoms with Gasteiger partial charge in [-0.3, -0.25) is 4.79 Å². The molecule has 0 N–H and O–H groups in total. The molecule has 0 saturated heterocycles. The lowest BCUT2D eigenvalue weighted by molar-refractivity contribution is -0.121. The number of carbonyl (C=O) groups is 1. The van der Waals surface area contributed by atoms with Crippen LogP contribution in [0.3, 0.4) is 0 Å². The number of carbonyl (C=O) groups excluding carboxylic acids is 1. The fourth-order valence-electron chi connectivity index (χ4n) is 1.32. The Hall–Kier alpha value is -0.700. The van der Waals surface area contributed by atoms with E-state index >= 15 is 0 Å². The zero-order chi connectivity index (χ0) is 11.4. The summed E-state index contributed by atoms with van der Waals surface area (Å²) in [7, 11) is 0. The van der Waals surface area contributed by atoms with Crippen molar-refractivity contribution in [1.29, 1.82) is 0 Å². The molecule has 0 aliphatic rings. The molecule has 1 unspecified atom stereocenters. The summed E-state index contributed by atoms with van der Waals surface area (Å²) in [5.74, 6) is -0.169. The third-order valence-corrected chi connectivity index (χ3v) is 3.01. The fraction of sp³-hybridized carbons (Fsp3) is 0.417. The van der Waals surface area contributed by atoms with Crippen LogP contribution >= 0.6 is 15.9 Å². The average Bonchev–Trinajstić information content (AvgIpc) is 2.20. The number of alkyl halides is 1. The molecule has 0 saturated carbocycles. The van der Waals surface area contributed by atoms with Crippen molar-refractivity contribution in [2.75, 3.05) is 0 Å². The monoisotopic (exact) mass is 272 g/mol. The molecule has 0 fully saturated rings. The molecule has 0 aliphatic heterocycles. The fourth-order valence-corrected chi connectivity index (χ4v) is 2.20. The molecule has 1 nitrogen and oxygen atoms in total. The highest BCUT2D eigenvalue weighted by molar-refractivity contribution is 9.10. The maximum absolute atomic E-state index is 13.3. The number of ketones is 1. The van der Waals surface area contributed by atoms with Gasteiger partial charge in [-0.1, -0.05) is 48.0 Å². The van der Waals surface area contributed by atoms with Gasteiger partial charge in [0.25, 0.3) is 0 Å². The minimum atomic E-state index is -0.297. The van der Waals surface area contributed by atoms with E-state index in [0.29, 0.717) is 12.0 Å². The molecule has 0 bridgehead atoms. The van der Waals surface area contributed by atoms with E-state index in [4.69, 9.17) is 0 Å². The predicted octanol–water partition coefficient (Wildman–Crippen LogP) is 3.36. The quantitative estimate of drug-likeness (QED) is 0.769. The zero-order valence-electron chi connectivity index (χ0n) is 8.84. The van der Waals surface area contributed by atoms with E-state index in [1.807, 2.05) is 13.8 Å². The lowest BCUT2D eigenvalue weighted by Crippen LogP contribution is -2.22. The van der Waals surface area contributed by atoms with E-state index < -0.39 is 0 Å². The van der Waals surface area contributed by atoms with Crippen molar-refractivity contribution in [2.24, 2.45) is 5.92 Å². The first-order valence-corrected chi connectivity index (χ1v) is 5.85. The highest BCUT2D eigenvalue weighted by Crippen LogP contribution is 2.16. The zero-order valence-corrected chi connectivity index (χ0v) is 10.4. The first-order valence-electron chi connectivity index (χ1n) is 4.93. The molecule has 0 spiro atoms. The van der Waals surface area contributed by atoms with E-state index in [1.54, 1.807) is 18.2 Å². The predicted molar refractivity (Wildman–Crippen MR) is 62.7 cm³/mol. The van der Waals surface area contributed by atoms with E-state index in [9.17, 15) is 9.18 Å². The summed E-state index contributed by atoms with van der Waals surface area (Å²) >= 11 is 3.30. The van der Waals surface area contributed by atoms with Gasteiger partial charge in [0.15, 0.2) is 0 Å². The minimum absolute atomic E-state index is 0.0267. The molecule has 1 rings (SSSR count). The van der Waals surface area contributed by atoms with Crippen LogP contribution < -0.4 is 0 Å². The summed E-state index contributed by atoms with van der Waals surface area (Å²) in [5.41, 5.74) is 0.577. The van der Waals surface area contributed by atoms with Gasteiger partial charge in [-0.25, -0.2) is 4.39 Å².